The second kappa shape index (κ2) is 3.25. The van der Waals surface area contributed by atoms with Crippen LogP contribution in [0.25, 0.3) is 0 Å². The molecule has 0 fully saturated rings. The normalized spacial score (nSPS) is 13.0. The van der Waals surface area contributed by atoms with Crippen LogP contribution in [0, 0.1) is 0 Å². The molecule has 0 aliphatic heterocycles. The van der Waals surface area contributed by atoms with E-state index in [1.54, 1.807) is 0 Å². The van der Waals surface area contributed by atoms with Crippen LogP contribution in [0.2, 0.25) is 5.02 Å². The zero-order valence-corrected chi connectivity index (χ0v) is 7.32. The molecule has 6 heteroatoms. The maximum atomic E-state index is 10.8. The Kier molecular flexibility index (Phi) is 2.53. The van der Waals surface area contributed by atoms with Gasteiger partial charge in [-0.15, -0.1) is 0 Å². The van der Waals surface area contributed by atoms with E-state index in [2.05, 4.69) is 9.97 Å². The highest BCUT2D eigenvalue weighted by Gasteiger charge is 2.09. The lowest BCUT2D eigenvalue weighted by atomic mass is 10.6. The summed E-state index contributed by atoms with van der Waals surface area (Å²) in [5, 5.41) is 0.478. The highest BCUT2D eigenvalue weighted by molar-refractivity contribution is 7.90. The first-order valence-electron chi connectivity index (χ1n) is 2.72. The fourth-order valence-corrected chi connectivity index (χ4v) is 1.02. The Balaban J connectivity index is 3.05. The average molecular weight is 192 g/mol. The summed E-state index contributed by atoms with van der Waals surface area (Å²) in [6.45, 7) is 0. The predicted molar refractivity (Wildman–Crippen MR) is 43.8 cm³/mol. The third-order valence-corrected chi connectivity index (χ3v) is 2.01. The molecule has 0 saturated carbocycles. The minimum Gasteiger partial charge on any atom is -0.609 e. The third-order valence-electron chi connectivity index (χ3n) is 1.01. The Bertz CT molecular complexity index is 268. The van der Waals surface area contributed by atoms with Crippen molar-refractivity contribution in [2.45, 2.75) is 5.16 Å². The van der Waals surface area contributed by atoms with E-state index in [0.717, 1.165) is 0 Å². The van der Waals surface area contributed by atoms with E-state index in [1.807, 2.05) is 0 Å². The molecule has 0 bridgehead atoms. The lowest BCUT2D eigenvalue weighted by molar-refractivity contribution is 0.592. The van der Waals surface area contributed by atoms with Crippen molar-refractivity contribution in [1.29, 1.82) is 0 Å². The number of anilines is 1. The van der Waals surface area contributed by atoms with Crippen molar-refractivity contribution >= 4 is 28.6 Å². The topological polar surface area (TPSA) is 74.9 Å². The summed E-state index contributed by atoms with van der Waals surface area (Å²) in [5.41, 5.74) is 5.34. The van der Waals surface area contributed by atoms with Crippen molar-refractivity contribution < 1.29 is 4.55 Å². The number of nitrogen functional groups attached to an aromatic ring is 1. The smallest absolute Gasteiger partial charge is 0.344 e. The Labute approximate surface area is 72.0 Å². The first kappa shape index (κ1) is 8.58. The molecule has 1 heterocycles. The zero-order chi connectivity index (χ0) is 8.43. The van der Waals surface area contributed by atoms with E-state index in [4.69, 9.17) is 17.3 Å². The minimum atomic E-state index is -1.21. The summed E-state index contributed by atoms with van der Waals surface area (Å²) in [4.78, 5) is 7.42. The molecule has 1 unspecified atom stereocenters. The van der Waals surface area contributed by atoms with E-state index in [-0.39, 0.29) is 16.0 Å². The average Bonchev–Trinajstić information content (AvgIpc) is 1.94. The molecular formula is C5H6ClN3OS. The number of halogens is 1. The fraction of sp³-hybridized carbons (Fsp3) is 0.200. The second-order valence-corrected chi connectivity index (χ2v) is 3.52. The maximum absolute atomic E-state index is 10.8. The number of nitrogens with zero attached hydrogens (tertiary/aromatic N) is 2. The molecule has 0 aliphatic carbocycles. The van der Waals surface area contributed by atoms with Crippen LogP contribution in [0.4, 0.5) is 5.82 Å². The SMILES string of the molecule is C[S+]([O-])c1ncc(Cl)c(N)n1. The molecule has 1 rings (SSSR count). The van der Waals surface area contributed by atoms with Crippen LogP contribution in [0.1, 0.15) is 0 Å². The van der Waals surface area contributed by atoms with E-state index in [9.17, 15) is 4.55 Å². The van der Waals surface area contributed by atoms with Crippen molar-refractivity contribution in [3.63, 3.8) is 0 Å². The number of hydrogen-bond acceptors (Lipinski definition) is 4. The van der Waals surface area contributed by atoms with Gasteiger partial charge in [0, 0.05) is 11.2 Å². The van der Waals surface area contributed by atoms with Gasteiger partial charge < -0.3 is 10.3 Å². The van der Waals surface area contributed by atoms with Gasteiger partial charge in [-0.1, -0.05) is 11.6 Å². The Morgan fingerprint density at radius 3 is 2.82 bits per heavy atom. The minimum absolute atomic E-state index is 0.159. The van der Waals surface area contributed by atoms with Gasteiger partial charge >= 0.3 is 5.16 Å². The summed E-state index contributed by atoms with van der Waals surface area (Å²) in [7, 11) is 0. The molecule has 0 amide bonds. The van der Waals surface area contributed by atoms with Crippen molar-refractivity contribution in [1.82, 2.24) is 9.97 Å². The summed E-state index contributed by atoms with van der Waals surface area (Å²) >= 11 is 4.33. The van der Waals surface area contributed by atoms with Gasteiger partial charge in [0.05, 0.1) is 6.20 Å². The molecule has 11 heavy (non-hydrogen) atoms. The largest absolute Gasteiger partial charge is 0.609 e. The number of aromatic nitrogens is 2. The molecule has 0 saturated heterocycles. The summed E-state index contributed by atoms with van der Waals surface area (Å²) in [6.07, 6.45) is 2.81. The summed E-state index contributed by atoms with van der Waals surface area (Å²) in [5.74, 6) is 0.159. The molecule has 4 nitrogen and oxygen atoms in total. The van der Waals surface area contributed by atoms with Crippen LogP contribution in [0.5, 0.6) is 0 Å². The molecule has 2 N–H and O–H groups in total. The van der Waals surface area contributed by atoms with Crippen LogP contribution >= 0.6 is 11.6 Å². The summed E-state index contributed by atoms with van der Waals surface area (Å²) < 4.78 is 10.8. The molecule has 1 aromatic rings. The number of nitrogens with two attached hydrogens (primary N) is 1. The van der Waals surface area contributed by atoms with E-state index >= 15 is 0 Å². The van der Waals surface area contributed by atoms with Gasteiger partial charge in [0.2, 0.25) is 0 Å². The quantitative estimate of drug-likeness (QED) is 0.517. The summed E-state index contributed by atoms with van der Waals surface area (Å²) in [6, 6.07) is 0. The number of rotatable bonds is 1. The fourth-order valence-electron chi connectivity index (χ4n) is 0.502. The van der Waals surface area contributed by atoms with Gasteiger partial charge in [-0.25, -0.2) is 0 Å². The standard InChI is InChI=1S/C5H6ClN3OS/c1-11(10)5-8-2-3(6)4(7)9-5/h2H,1H3,(H2,7,8,9). The molecule has 0 radical (unpaired) electrons. The van der Waals surface area contributed by atoms with Gasteiger partial charge in [-0.2, -0.15) is 9.97 Å². The first-order chi connectivity index (χ1) is 5.11. The molecule has 0 aliphatic rings. The molecule has 0 spiro atoms. The maximum Gasteiger partial charge on any atom is 0.344 e. The van der Waals surface area contributed by atoms with Crippen molar-refractivity contribution in [2.75, 3.05) is 12.0 Å². The van der Waals surface area contributed by atoms with Crippen LogP contribution in [0.3, 0.4) is 0 Å². The highest BCUT2D eigenvalue weighted by Crippen LogP contribution is 2.15. The molecule has 60 valence electrons. The van der Waals surface area contributed by atoms with Gasteiger partial charge in [0.25, 0.3) is 0 Å². The van der Waals surface area contributed by atoms with Gasteiger partial charge in [-0.3, -0.25) is 0 Å². The van der Waals surface area contributed by atoms with Crippen molar-refractivity contribution in [3.05, 3.63) is 11.2 Å². The van der Waals surface area contributed by atoms with E-state index in [0.29, 0.717) is 0 Å². The molecule has 1 aromatic heterocycles. The highest BCUT2D eigenvalue weighted by atomic mass is 35.5. The molecule has 1 atom stereocenters. The number of hydrogen-bond donors (Lipinski definition) is 1. The Hall–Kier alpha value is -0.520. The van der Waals surface area contributed by atoms with Gasteiger partial charge in [-0.05, 0) is 0 Å². The lowest BCUT2D eigenvalue weighted by Crippen LogP contribution is -2.06. The predicted octanol–water partition coefficient (Wildman–Crippen LogP) is 0.450. The van der Waals surface area contributed by atoms with Crippen LogP contribution in [-0.4, -0.2) is 20.8 Å². The molecular weight excluding hydrogens is 186 g/mol. The lowest BCUT2D eigenvalue weighted by Gasteiger charge is -2.01. The van der Waals surface area contributed by atoms with Crippen molar-refractivity contribution in [2.24, 2.45) is 0 Å². The van der Waals surface area contributed by atoms with Crippen LogP contribution < -0.4 is 5.73 Å². The zero-order valence-electron chi connectivity index (χ0n) is 5.74. The third kappa shape index (κ3) is 1.95. The van der Waals surface area contributed by atoms with Crippen LogP contribution in [0.15, 0.2) is 11.4 Å². The van der Waals surface area contributed by atoms with Gasteiger partial charge in [0.1, 0.15) is 11.3 Å². The van der Waals surface area contributed by atoms with Crippen LogP contribution in [-0.2, 0) is 11.2 Å². The van der Waals surface area contributed by atoms with Gasteiger partial charge in [0.15, 0.2) is 5.82 Å². The van der Waals surface area contributed by atoms with E-state index in [1.165, 1.54) is 12.5 Å². The van der Waals surface area contributed by atoms with E-state index < -0.39 is 11.2 Å². The monoisotopic (exact) mass is 191 g/mol. The Morgan fingerprint density at radius 2 is 2.36 bits per heavy atom. The molecule has 0 aromatic carbocycles. The first-order valence-corrected chi connectivity index (χ1v) is 4.66. The second-order valence-electron chi connectivity index (χ2n) is 1.84. The van der Waals surface area contributed by atoms with Crippen molar-refractivity contribution in [3.8, 4) is 0 Å². The Morgan fingerprint density at radius 1 is 1.73 bits per heavy atom.